The number of rotatable bonds is 10. The fourth-order valence-corrected chi connectivity index (χ4v) is 2.74. The summed E-state index contributed by atoms with van der Waals surface area (Å²) in [7, 11) is 0. The van der Waals surface area contributed by atoms with Crippen molar-refractivity contribution in [1.29, 1.82) is 0 Å². The molecule has 0 spiro atoms. The van der Waals surface area contributed by atoms with Gasteiger partial charge in [0.1, 0.15) is 0 Å². The third-order valence-corrected chi connectivity index (χ3v) is 4.18. The van der Waals surface area contributed by atoms with Crippen LogP contribution in [0, 0.1) is 0 Å². The molecule has 2 rings (SSSR count). The van der Waals surface area contributed by atoms with Crippen molar-refractivity contribution in [2.75, 3.05) is 6.54 Å². The molecular weight excluding hydrogens is 352 g/mol. The Labute approximate surface area is 165 Å². The van der Waals surface area contributed by atoms with E-state index in [0.717, 1.165) is 29.5 Å². The first-order valence-electron chi connectivity index (χ1n) is 9.40. The Morgan fingerprint density at radius 1 is 0.857 bits per heavy atom. The van der Waals surface area contributed by atoms with Gasteiger partial charge in [0, 0.05) is 19.0 Å². The molecule has 28 heavy (non-hydrogen) atoms. The zero-order valence-corrected chi connectivity index (χ0v) is 15.8. The molecule has 146 valence electrons. The van der Waals surface area contributed by atoms with Crippen molar-refractivity contribution in [3.8, 4) is 0 Å². The van der Waals surface area contributed by atoms with Gasteiger partial charge in [-0.15, -0.1) is 0 Å². The number of unbranched alkanes of at least 4 members (excludes halogenated alkanes) is 2. The summed E-state index contributed by atoms with van der Waals surface area (Å²) in [6, 6.07) is 20.1. The van der Waals surface area contributed by atoms with Gasteiger partial charge in [-0.05, 0) is 29.5 Å². The highest BCUT2D eigenvalue weighted by atomic mass is 16.5. The molecule has 0 fully saturated rings. The Kier molecular flexibility index (Phi) is 9.24. The van der Waals surface area contributed by atoms with Crippen molar-refractivity contribution in [3.05, 3.63) is 90.0 Å². The number of allylic oxidation sites excluding steroid dienone is 2. The lowest BCUT2D eigenvalue weighted by Crippen LogP contribution is -2.22. The molecule has 2 aromatic carbocycles. The van der Waals surface area contributed by atoms with E-state index >= 15 is 0 Å². The molecule has 0 aromatic heterocycles. The number of nitrogens with one attached hydrogen (secondary N) is 2. The molecule has 0 atom stereocenters. The average Bonchev–Trinajstić information content (AvgIpc) is 2.74. The Hall–Kier alpha value is -3.18. The van der Waals surface area contributed by atoms with Crippen LogP contribution in [-0.4, -0.2) is 23.6 Å². The molecule has 0 unspecified atom stereocenters. The van der Waals surface area contributed by atoms with E-state index in [2.05, 4.69) is 5.32 Å². The fraction of sp³-hybridized carbons (Fsp3) is 0.217. The highest BCUT2D eigenvalue weighted by Crippen LogP contribution is 2.23. The van der Waals surface area contributed by atoms with Crippen molar-refractivity contribution in [3.63, 3.8) is 0 Å². The smallest absolute Gasteiger partial charge is 0.243 e. The van der Waals surface area contributed by atoms with Crippen molar-refractivity contribution in [2.24, 2.45) is 0 Å². The predicted molar refractivity (Wildman–Crippen MR) is 111 cm³/mol. The second-order valence-electron chi connectivity index (χ2n) is 6.31. The minimum Gasteiger partial charge on any atom is -0.353 e. The number of hydrogen-bond acceptors (Lipinski definition) is 3. The Morgan fingerprint density at radius 2 is 1.46 bits per heavy atom. The van der Waals surface area contributed by atoms with Gasteiger partial charge in [0.2, 0.25) is 11.8 Å². The standard InChI is InChI=1S/C23H26N2O3/c26-22(24-18-9-3-8-16-23(27)25-28)17-10-15-21(19-11-4-1-5-12-19)20-13-6-2-7-14-20/h1-2,4-7,10-15,17,28H,3,8-9,16,18H2,(H,24,26)(H,25,27). The van der Waals surface area contributed by atoms with Gasteiger partial charge in [0.25, 0.3) is 0 Å². The molecular formula is C23H26N2O3. The molecule has 2 aromatic rings. The molecule has 2 amide bonds. The number of hydrogen-bond donors (Lipinski definition) is 3. The van der Waals surface area contributed by atoms with Crippen molar-refractivity contribution < 1.29 is 14.8 Å². The highest BCUT2D eigenvalue weighted by molar-refractivity contribution is 5.89. The summed E-state index contributed by atoms with van der Waals surface area (Å²) >= 11 is 0. The molecule has 0 saturated carbocycles. The first-order chi connectivity index (χ1) is 13.7. The molecule has 5 heteroatoms. The summed E-state index contributed by atoms with van der Waals surface area (Å²) in [6.45, 7) is 0.553. The van der Waals surface area contributed by atoms with Crippen LogP contribution in [0.2, 0.25) is 0 Å². The van der Waals surface area contributed by atoms with Crippen LogP contribution in [0.15, 0.2) is 78.9 Å². The monoisotopic (exact) mass is 378 g/mol. The lowest BCUT2D eigenvalue weighted by atomic mass is 9.97. The summed E-state index contributed by atoms with van der Waals surface area (Å²) in [5.41, 5.74) is 4.83. The summed E-state index contributed by atoms with van der Waals surface area (Å²) in [5.74, 6) is -0.531. The van der Waals surface area contributed by atoms with Crippen molar-refractivity contribution >= 4 is 17.4 Å². The van der Waals surface area contributed by atoms with E-state index in [9.17, 15) is 9.59 Å². The van der Waals surface area contributed by atoms with Gasteiger partial charge >= 0.3 is 0 Å². The molecule has 0 saturated heterocycles. The van der Waals surface area contributed by atoms with E-state index < -0.39 is 0 Å². The Morgan fingerprint density at radius 3 is 2.04 bits per heavy atom. The lowest BCUT2D eigenvalue weighted by Gasteiger charge is -2.07. The van der Waals surface area contributed by atoms with E-state index in [0.29, 0.717) is 13.0 Å². The topological polar surface area (TPSA) is 78.4 Å². The van der Waals surface area contributed by atoms with E-state index in [1.165, 1.54) is 6.08 Å². The average molecular weight is 378 g/mol. The third kappa shape index (κ3) is 7.60. The van der Waals surface area contributed by atoms with Crippen molar-refractivity contribution in [2.45, 2.75) is 25.7 Å². The lowest BCUT2D eigenvalue weighted by molar-refractivity contribution is -0.129. The van der Waals surface area contributed by atoms with E-state index in [-0.39, 0.29) is 18.2 Å². The highest BCUT2D eigenvalue weighted by Gasteiger charge is 2.03. The van der Waals surface area contributed by atoms with Gasteiger partial charge in [-0.1, -0.05) is 79.2 Å². The van der Waals surface area contributed by atoms with Gasteiger partial charge in [0.15, 0.2) is 0 Å². The number of carbonyl (C=O) groups is 2. The Bertz CT molecular complexity index is 758. The number of carbonyl (C=O) groups excluding carboxylic acids is 2. The zero-order chi connectivity index (χ0) is 20.0. The zero-order valence-electron chi connectivity index (χ0n) is 15.8. The second kappa shape index (κ2) is 12.3. The molecule has 0 aliphatic carbocycles. The van der Waals surface area contributed by atoms with E-state index in [1.807, 2.05) is 66.7 Å². The quantitative estimate of drug-likeness (QED) is 0.193. The van der Waals surface area contributed by atoms with Crippen LogP contribution >= 0.6 is 0 Å². The minimum absolute atomic E-state index is 0.148. The number of hydroxylamine groups is 1. The summed E-state index contributed by atoms with van der Waals surface area (Å²) in [5, 5.41) is 11.2. The maximum Gasteiger partial charge on any atom is 0.243 e. The minimum atomic E-state index is -0.383. The van der Waals surface area contributed by atoms with E-state index in [4.69, 9.17) is 5.21 Å². The van der Waals surface area contributed by atoms with E-state index in [1.54, 1.807) is 11.6 Å². The molecule has 0 aliphatic heterocycles. The van der Waals surface area contributed by atoms with Crippen molar-refractivity contribution in [1.82, 2.24) is 10.8 Å². The maximum absolute atomic E-state index is 12.0. The molecule has 0 aliphatic rings. The first-order valence-corrected chi connectivity index (χ1v) is 9.40. The third-order valence-electron chi connectivity index (χ3n) is 4.18. The molecule has 0 bridgehead atoms. The summed E-state index contributed by atoms with van der Waals surface area (Å²) < 4.78 is 0. The normalized spacial score (nSPS) is 10.5. The maximum atomic E-state index is 12.0. The Balaban J connectivity index is 1.87. The SMILES string of the molecule is O=C(C=CC=C(c1ccccc1)c1ccccc1)NCCCCCC(=O)NO. The predicted octanol–water partition coefficient (Wildman–Crippen LogP) is 3.86. The van der Waals surface area contributed by atoms with Gasteiger partial charge in [-0.3, -0.25) is 14.8 Å². The summed E-state index contributed by atoms with van der Waals surface area (Å²) in [4.78, 5) is 22.8. The van der Waals surface area contributed by atoms with Gasteiger partial charge in [-0.2, -0.15) is 0 Å². The van der Waals surface area contributed by atoms with Crippen LogP contribution in [-0.2, 0) is 9.59 Å². The van der Waals surface area contributed by atoms with Crippen LogP contribution < -0.4 is 10.8 Å². The number of benzene rings is 2. The largest absolute Gasteiger partial charge is 0.353 e. The van der Waals surface area contributed by atoms with Crippen LogP contribution in [0.5, 0.6) is 0 Å². The molecule has 3 N–H and O–H groups in total. The van der Waals surface area contributed by atoms with Gasteiger partial charge < -0.3 is 5.32 Å². The van der Waals surface area contributed by atoms with Gasteiger partial charge in [-0.25, -0.2) is 5.48 Å². The van der Waals surface area contributed by atoms with Crippen LogP contribution in [0.4, 0.5) is 0 Å². The molecule has 5 nitrogen and oxygen atoms in total. The van der Waals surface area contributed by atoms with Crippen LogP contribution in [0.25, 0.3) is 5.57 Å². The molecule has 0 heterocycles. The van der Waals surface area contributed by atoms with Crippen LogP contribution in [0.3, 0.4) is 0 Å². The second-order valence-corrected chi connectivity index (χ2v) is 6.31. The van der Waals surface area contributed by atoms with Crippen LogP contribution in [0.1, 0.15) is 36.8 Å². The number of amides is 2. The first kappa shape index (κ1) is 21.1. The fourth-order valence-electron chi connectivity index (χ4n) is 2.74. The molecule has 0 radical (unpaired) electrons. The van der Waals surface area contributed by atoms with Gasteiger partial charge in [0.05, 0.1) is 0 Å². The summed E-state index contributed by atoms with van der Waals surface area (Å²) in [6.07, 6.45) is 7.78.